The number of H-pyrrole nitrogens is 1. The topological polar surface area (TPSA) is 124 Å². The molecule has 154 valence electrons. The molecular weight excluding hydrogens is 386 g/mol. The molecule has 1 atom stereocenters. The van der Waals surface area contributed by atoms with Crippen molar-refractivity contribution in [3.05, 3.63) is 84.2 Å². The second kappa shape index (κ2) is 9.92. The Kier molecular flexibility index (Phi) is 6.83. The highest BCUT2D eigenvalue weighted by Crippen LogP contribution is 2.26. The van der Waals surface area contributed by atoms with Gasteiger partial charge in [0.25, 0.3) is 0 Å². The molecule has 0 saturated heterocycles. The summed E-state index contributed by atoms with van der Waals surface area (Å²) in [6.45, 7) is -0.403. The van der Waals surface area contributed by atoms with Crippen molar-refractivity contribution in [2.45, 2.75) is 12.5 Å². The normalized spacial score (nSPS) is 11.3. The van der Waals surface area contributed by atoms with Gasteiger partial charge in [-0.25, -0.2) is 4.79 Å². The number of amides is 2. The lowest BCUT2D eigenvalue weighted by Gasteiger charge is -2.18. The highest BCUT2D eigenvalue weighted by Gasteiger charge is 2.20. The van der Waals surface area contributed by atoms with Crippen LogP contribution >= 0.6 is 0 Å². The van der Waals surface area contributed by atoms with Crippen LogP contribution in [-0.4, -0.2) is 29.4 Å². The third kappa shape index (κ3) is 5.96. The van der Waals surface area contributed by atoms with Gasteiger partial charge in [-0.3, -0.25) is 9.59 Å². The SMILES string of the molecule is NC(=O)N[C@@H](CC(=O)OCC(=O)c1ccc[nH]1)c1cccc(Oc2ccccc2)c1. The maximum atomic E-state index is 12.3. The Morgan fingerprint density at radius 1 is 0.967 bits per heavy atom. The van der Waals surface area contributed by atoms with Crippen LogP contribution in [-0.2, 0) is 9.53 Å². The zero-order chi connectivity index (χ0) is 21.3. The zero-order valence-electron chi connectivity index (χ0n) is 16.0. The molecule has 0 bridgehead atoms. The minimum absolute atomic E-state index is 0.199. The molecule has 0 unspecified atom stereocenters. The van der Waals surface area contributed by atoms with E-state index >= 15 is 0 Å². The van der Waals surface area contributed by atoms with Gasteiger partial charge in [0.2, 0.25) is 5.78 Å². The number of nitrogens with one attached hydrogen (secondary N) is 2. The Bertz CT molecular complexity index is 1000. The van der Waals surface area contributed by atoms with Crippen LogP contribution in [0.4, 0.5) is 4.79 Å². The van der Waals surface area contributed by atoms with Crippen LogP contribution in [0.2, 0.25) is 0 Å². The first-order chi connectivity index (χ1) is 14.5. The van der Waals surface area contributed by atoms with Crippen LogP contribution in [0.25, 0.3) is 0 Å². The van der Waals surface area contributed by atoms with Crippen molar-refractivity contribution in [1.82, 2.24) is 10.3 Å². The average molecular weight is 407 g/mol. The van der Waals surface area contributed by atoms with E-state index in [1.807, 2.05) is 30.3 Å². The quantitative estimate of drug-likeness (QED) is 0.371. The Morgan fingerprint density at radius 3 is 2.43 bits per heavy atom. The fourth-order valence-corrected chi connectivity index (χ4v) is 2.80. The lowest BCUT2D eigenvalue weighted by Crippen LogP contribution is -2.34. The summed E-state index contributed by atoms with van der Waals surface area (Å²) in [5.74, 6) is 0.176. The van der Waals surface area contributed by atoms with E-state index in [0.717, 1.165) is 0 Å². The number of aromatic nitrogens is 1. The number of urea groups is 1. The van der Waals surface area contributed by atoms with E-state index in [4.69, 9.17) is 15.2 Å². The summed E-state index contributed by atoms with van der Waals surface area (Å²) in [4.78, 5) is 38.4. The lowest BCUT2D eigenvalue weighted by atomic mass is 10.0. The molecule has 1 aromatic heterocycles. The average Bonchev–Trinajstić information content (AvgIpc) is 3.27. The Morgan fingerprint density at radius 2 is 1.73 bits per heavy atom. The third-order valence-corrected chi connectivity index (χ3v) is 4.19. The zero-order valence-corrected chi connectivity index (χ0v) is 16.0. The first-order valence-electron chi connectivity index (χ1n) is 9.22. The van der Waals surface area contributed by atoms with Crippen LogP contribution in [0.1, 0.15) is 28.5 Å². The Labute approximate surface area is 173 Å². The third-order valence-electron chi connectivity index (χ3n) is 4.19. The second-order valence-corrected chi connectivity index (χ2v) is 6.42. The van der Waals surface area contributed by atoms with Gasteiger partial charge in [0.1, 0.15) is 11.5 Å². The number of carbonyl (C=O) groups excluding carboxylic acids is 3. The minimum atomic E-state index is -0.787. The molecule has 2 amide bonds. The van der Waals surface area contributed by atoms with Gasteiger partial charge in [-0.15, -0.1) is 0 Å². The van der Waals surface area contributed by atoms with Gasteiger partial charge < -0.3 is 25.5 Å². The minimum Gasteiger partial charge on any atom is -0.457 e. The summed E-state index contributed by atoms with van der Waals surface area (Å²) < 4.78 is 10.8. The van der Waals surface area contributed by atoms with Crippen LogP contribution in [0, 0.1) is 0 Å². The molecule has 2 aromatic carbocycles. The predicted molar refractivity (Wildman–Crippen MR) is 109 cm³/mol. The van der Waals surface area contributed by atoms with Gasteiger partial charge in [-0.05, 0) is 42.0 Å². The summed E-state index contributed by atoms with van der Waals surface area (Å²) in [5, 5.41) is 2.52. The molecule has 30 heavy (non-hydrogen) atoms. The smallest absolute Gasteiger partial charge is 0.312 e. The van der Waals surface area contributed by atoms with E-state index in [-0.39, 0.29) is 12.2 Å². The van der Waals surface area contributed by atoms with Gasteiger partial charge in [0.15, 0.2) is 6.61 Å². The van der Waals surface area contributed by atoms with Crippen LogP contribution in [0.15, 0.2) is 72.9 Å². The molecule has 0 aliphatic carbocycles. The van der Waals surface area contributed by atoms with Crippen LogP contribution in [0.3, 0.4) is 0 Å². The molecule has 8 heteroatoms. The number of ketones is 1. The number of hydrogen-bond acceptors (Lipinski definition) is 5. The van der Waals surface area contributed by atoms with E-state index in [2.05, 4.69) is 10.3 Å². The summed E-state index contributed by atoms with van der Waals surface area (Å²) >= 11 is 0. The van der Waals surface area contributed by atoms with Crippen molar-refractivity contribution in [2.24, 2.45) is 5.73 Å². The number of carbonyl (C=O) groups is 3. The molecular formula is C22H21N3O5. The van der Waals surface area contributed by atoms with Crippen molar-refractivity contribution in [3.63, 3.8) is 0 Å². The molecule has 0 radical (unpaired) electrons. The number of para-hydroxylation sites is 1. The number of esters is 1. The van der Waals surface area contributed by atoms with Crippen molar-refractivity contribution >= 4 is 17.8 Å². The molecule has 4 N–H and O–H groups in total. The molecule has 8 nitrogen and oxygen atoms in total. The van der Waals surface area contributed by atoms with Crippen molar-refractivity contribution in [1.29, 1.82) is 0 Å². The largest absolute Gasteiger partial charge is 0.457 e. The molecule has 0 aliphatic heterocycles. The van der Waals surface area contributed by atoms with E-state index < -0.39 is 24.6 Å². The van der Waals surface area contributed by atoms with E-state index in [9.17, 15) is 14.4 Å². The van der Waals surface area contributed by atoms with Gasteiger partial charge >= 0.3 is 12.0 Å². The molecule has 1 heterocycles. The summed E-state index contributed by atoms with van der Waals surface area (Å²) in [6, 6.07) is 17.9. The number of primary amides is 1. The second-order valence-electron chi connectivity index (χ2n) is 6.42. The fraction of sp³-hybridized carbons (Fsp3) is 0.136. The first-order valence-corrected chi connectivity index (χ1v) is 9.22. The number of ether oxygens (including phenoxy) is 2. The van der Waals surface area contributed by atoms with Gasteiger partial charge in [-0.2, -0.15) is 0 Å². The van der Waals surface area contributed by atoms with Gasteiger partial charge in [0, 0.05) is 6.20 Å². The maximum absolute atomic E-state index is 12.3. The van der Waals surface area contributed by atoms with E-state index in [1.54, 1.807) is 42.6 Å². The number of nitrogens with two attached hydrogens (primary N) is 1. The summed E-state index contributed by atoms with van der Waals surface area (Å²) in [7, 11) is 0. The molecule has 3 aromatic rings. The summed E-state index contributed by atoms with van der Waals surface area (Å²) in [5.41, 5.74) is 6.22. The van der Waals surface area contributed by atoms with Crippen LogP contribution in [0.5, 0.6) is 11.5 Å². The molecule has 0 saturated carbocycles. The molecule has 0 aliphatic rings. The van der Waals surface area contributed by atoms with E-state index in [1.165, 1.54) is 0 Å². The molecule has 0 fully saturated rings. The highest BCUT2D eigenvalue weighted by molar-refractivity contribution is 5.96. The highest BCUT2D eigenvalue weighted by atomic mass is 16.5. The van der Waals surface area contributed by atoms with E-state index in [0.29, 0.717) is 22.8 Å². The van der Waals surface area contributed by atoms with Crippen molar-refractivity contribution < 1.29 is 23.9 Å². The van der Waals surface area contributed by atoms with Gasteiger partial charge in [-0.1, -0.05) is 30.3 Å². The number of hydrogen-bond donors (Lipinski definition) is 3. The van der Waals surface area contributed by atoms with Crippen molar-refractivity contribution in [2.75, 3.05) is 6.61 Å². The maximum Gasteiger partial charge on any atom is 0.312 e. The van der Waals surface area contributed by atoms with Gasteiger partial charge in [0.05, 0.1) is 18.2 Å². The predicted octanol–water partition coefficient (Wildman–Crippen LogP) is 3.33. The van der Waals surface area contributed by atoms with Crippen LogP contribution < -0.4 is 15.8 Å². The first kappa shape index (κ1) is 20.7. The fourth-order valence-electron chi connectivity index (χ4n) is 2.80. The number of aromatic amines is 1. The van der Waals surface area contributed by atoms with Crippen molar-refractivity contribution in [3.8, 4) is 11.5 Å². The molecule has 0 spiro atoms. The lowest BCUT2D eigenvalue weighted by molar-refractivity contribution is -0.143. The Balaban J connectivity index is 1.66. The number of benzene rings is 2. The molecule has 3 rings (SSSR count). The monoisotopic (exact) mass is 407 g/mol. The Hall–Kier alpha value is -4.07. The summed E-state index contributed by atoms with van der Waals surface area (Å²) in [6.07, 6.45) is 1.40. The standard InChI is InChI=1S/C22H21N3O5/c23-22(28)25-19(13-21(27)29-14-20(26)18-10-5-11-24-18)15-6-4-9-17(12-15)30-16-7-2-1-3-8-16/h1-12,19,24H,13-14H2,(H3,23,25,28)/t19-/m0/s1. The number of Topliss-reactive ketones (excluding diaryl/α,β-unsaturated/α-hetero) is 1. The number of rotatable bonds is 9.